The Labute approximate surface area is 285 Å². The number of rotatable bonds is 11. The summed E-state index contributed by atoms with van der Waals surface area (Å²) in [6.45, 7) is 1.85. The van der Waals surface area contributed by atoms with Crippen LogP contribution in [0, 0.1) is 11.3 Å². The quantitative estimate of drug-likeness (QED) is 0.173. The van der Waals surface area contributed by atoms with Crippen molar-refractivity contribution >= 4 is 29.1 Å². The number of benzene rings is 1. The number of aliphatic hydroxyl groups excluding tert-OH is 3. The summed E-state index contributed by atoms with van der Waals surface area (Å²) in [6, 6.07) is 9.61. The lowest BCUT2D eigenvalue weighted by molar-refractivity contribution is -0.271. The first-order valence-corrected chi connectivity index (χ1v) is 15.4. The fraction of sp³-hybridized carbons (Fsp3) is 0.406. The third-order valence-electron chi connectivity index (χ3n) is 8.19. The maximum absolute atomic E-state index is 13.4. The van der Waals surface area contributed by atoms with Crippen molar-refractivity contribution in [3.8, 4) is 23.1 Å². The van der Waals surface area contributed by atoms with Crippen LogP contribution in [0.1, 0.15) is 24.9 Å². The largest absolute Gasteiger partial charge is 0.479 e. The molecule has 3 aromatic heterocycles. The third kappa shape index (κ3) is 7.50. The summed E-state index contributed by atoms with van der Waals surface area (Å²) in [5.41, 5.74) is 2.01. The average molecular weight is 693 g/mol. The predicted octanol–water partition coefficient (Wildman–Crippen LogP) is 1.21. The van der Waals surface area contributed by atoms with Crippen LogP contribution in [0.2, 0.25) is 0 Å². The molecule has 1 aliphatic rings. The highest BCUT2D eigenvalue weighted by Gasteiger charge is 2.48. The first kappa shape index (κ1) is 35.7. The van der Waals surface area contributed by atoms with E-state index in [0.29, 0.717) is 34.3 Å². The lowest BCUT2D eigenvalue weighted by Crippen LogP contribution is -2.61. The van der Waals surface area contributed by atoms with Crippen LogP contribution in [0.5, 0.6) is 5.75 Å². The minimum Gasteiger partial charge on any atom is -0.479 e. The second kappa shape index (κ2) is 15.3. The summed E-state index contributed by atoms with van der Waals surface area (Å²) in [5, 5.41) is 53.6. The highest BCUT2D eigenvalue weighted by atomic mass is 16.7. The molecule has 1 saturated heterocycles. The van der Waals surface area contributed by atoms with E-state index in [9.17, 15) is 34.8 Å². The van der Waals surface area contributed by atoms with E-state index in [1.807, 2.05) is 6.92 Å². The van der Waals surface area contributed by atoms with Gasteiger partial charge in [-0.15, -0.1) is 0 Å². The minimum atomic E-state index is -1.87. The maximum Gasteiger partial charge on any atom is 0.409 e. The van der Waals surface area contributed by atoms with Crippen LogP contribution < -0.4 is 4.74 Å². The monoisotopic (exact) mass is 692 g/mol. The van der Waals surface area contributed by atoms with E-state index in [4.69, 9.17) is 19.5 Å². The number of nitrogens with zero attached hydrogens (tertiary/aromatic N) is 8. The standard InChI is InChI=1S/C32H36N8O10/c1-18(8-10-33)40-15-20(14-36-40)23-21-9-11-39(28(21)35-17-34-23)31(46)37(2)12-13-38(3)32(47)48-16-19-6-4-5-7-22(19)49-30-26(43)24(41)25(42)27(50-30)29(44)45/h4-7,9,11,14-15,17-18,24-27,30,41-43H,8,12-13,16H2,1-3H3,(H,44,45)/t18-,24-,25-,26+,27-,30+/m0/s1. The highest BCUT2D eigenvalue weighted by molar-refractivity contribution is 5.96. The number of ether oxygens (including phenoxy) is 3. The first-order valence-electron chi connectivity index (χ1n) is 15.4. The van der Waals surface area contributed by atoms with Crippen molar-refractivity contribution in [2.24, 2.45) is 0 Å². The molecule has 5 rings (SSSR count). The number of carboxylic acids is 1. The lowest BCUT2D eigenvalue weighted by atomic mass is 9.99. The zero-order valence-corrected chi connectivity index (χ0v) is 27.3. The van der Waals surface area contributed by atoms with E-state index in [-0.39, 0.29) is 31.5 Å². The molecule has 264 valence electrons. The molecule has 18 nitrogen and oxygen atoms in total. The van der Waals surface area contributed by atoms with E-state index in [1.54, 1.807) is 54.6 Å². The van der Waals surface area contributed by atoms with Crippen molar-refractivity contribution in [1.29, 1.82) is 5.26 Å². The number of likely N-dealkylation sites (N-methyl/N-ethyl adjacent to an activating group) is 2. The number of aliphatic hydroxyl groups is 3. The van der Waals surface area contributed by atoms with Crippen molar-refractivity contribution in [1.82, 2.24) is 34.1 Å². The van der Waals surface area contributed by atoms with Crippen LogP contribution in [0.25, 0.3) is 22.3 Å². The first-order chi connectivity index (χ1) is 23.9. The van der Waals surface area contributed by atoms with Crippen molar-refractivity contribution in [2.45, 2.75) is 56.7 Å². The highest BCUT2D eigenvalue weighted by Crippen LogP contribution is 2.29. The number of hydrogen-bond donors (Lipinski definition) is 4. The van der Waals surface area contributed by atoms with Gasteiger partial charge in [-0.2, -0.15) is 10.4 Å². The molecule has 0 saturated carbocycles. The van der Waals surface area contributed by atoms with Crippen LogP contribution in [-0.4, -0.2) is 131 Å². The Morgan fingerprint density at radius 1 is 1.06 bits per heavy atom. The van der Waals surface area contributed by atoms with Crippen molar-refractivity contribution in [3.63, 3.8) is 0 Å². The normalized spacial score (nSPS) is 20.9. The van der Waals surface area contributed by atoms with Gasteiger partial charge in [0.15, 0.2) is 11.8 Å². The molecule has 0 bridgehead atoms. The fourth-order valence-electron chi connectivity index (χ4n) is 5.20. The van der Waals surface area contributed by atoms with Gasteiger partial charge >= 0.3 is 18.1 Å². The molecule has 6 atom stereocenters. The number of carbonyl (C=O) groups is 3. The Hall–Kier alpha value is -5.61. The Balaban J connectivity index is 1.17. The van der Waals surface area contributed by atoms with E-state index in [1.165, 1.54) is 33.8 Å². The molecule has 4 heterocycles. The van der Waals surface area contributed by atoms with E-state index in [0.717, 1.165) is 0 Å². The van der Waals surface area contributed by atoms with Gasteiger partial charge in [-0.05, 0) is 19.1 Å². The molecule has 0 unspecified atom stereocenters. The zero-order valence-electron chi connectivity index (χ0n) is 27.3. The van der Waals surface area contributed by atoms with Gasteiger partial charge in [-0.25, -0.2) is 24.4 Å². The lowest BCUT2D eigenvalue weighted by Gasteiger charge is -2.38. The number of aliphatic carboxylic acids is 1. The molecule has 50 heavy (non-hydrogen) atoms. The number of carbonyl (C=O) groups excluding carboxylic acids is 2. The van der Waals surface area contributed by atoms with E-state index < -0.39 is 48.8 Å². The number of fused-ring (bicyclic) bond motifs is 1. The fourth-order valence-corrected chi connectivity index (χ4v) is 5.20. The van der Waals surface area contributed by atoms with Gasteiger partial charge < -0.3 is 44.4 Å². The van der Waals surface area contributed by atoms with Gasteiger partial charge in [0, 0.05) is 56.1 Å². The number of carboxylic acid groups (broad SMARTS) is 1. The van der Waals surface area contributed by atoms with Gasteiger partial charge in [-0.3, -0.25) is 9.25 Å². The molecule has 0 aliphatic carbocycles. The molecule has 4 N–H and O–H groups in total. The molecule has 2 amide bonds. The third-order valence-corrected chi connectivity index (χ3v) is 8.19. The van der Waals surface area contributed by atoms with Crippen LogP contribution in [-0.2, 0) is 20.9 Å². The Morgan fingerprint density at radius 3 is 2.54 bits per heavy atom. The molecule has 18 heteroatoms. The zero-order chi connectivity index (χ0) is 36.1. The molecule has 1 aliphatic heterocycles. The van der Waals surface area contributed by atoms with Crippen molar-refractivity contribution < 1.29 is 49.0 Å². The van der Waals surface area contributed by atoms with Crippen molar-refractivity contribution in [2.75, 3.05) is 27.2 Å². The maximum atomic E-state index is 13.4. The molecule has 0 radical (unpaired) electrons. The van der Waals surface area contributed by atoms with Crippen LogP contribution >= 0.6 is 0 Å². The van der Waals surface area contributed by atoms with E-state index in [2.05, 4.69) is 21.1 Å². The van der Waals surface area contributed by atoms with Gasteiger partial charge in [0.2, 0.25) is 6.29 Å². The predicted molar refractivity (Wildman–Crippen MR) is 171 cm³/mol. The Kier molecular flexibility index (Phi) is 10.9. The number of aromatic nitrogens is 5. The van der Waals surface area contributed by atoms with Gasteiger partial charge in [0.1, 0.15) is 37.0 Å². The second-order valence-electron chi connectivity index (χ2n) is 11.7. The number of hydrogen-bond acceptors (Lipinski definition) is 13. The van der Waals surface area contributed by atoms with E-state index >= 15 is 0 Å². The van der Waals surface area contributed by atoms with Gasteiger partial charge in [0.05, 0.1) is 30.4 Å². The van der Waals surface area contributed by atoms with Crippen LogP contribution in [0.3, 0.4) is 0 Å². The average Bonchev–Trinajstić information content (AvgIpc) is 3.78. The molecular weight excluding hydrogens is 656 g/mol. The molecule has 0 spiro atoms. The topological polar surface area (TPSA) is 239 Å². The number of amides is 2. The van der Waals surface area contributed by atoms with Crippen LogP contribution in [0.15, 0.2) is 55.2 Å². The number of nitriles is 1. The summed E-state index contributed by atoms with van der Waals surface area (Å²) in [6.07, 6.45) is -3.01. The molecule has 1 aromatic carbocycles. The molecular formula is C32H36N8O10. The summed E-state index contributed by atoms with van der Waals surface area (Å²) in [4.78, 5) is 49.0. The minimum absolute atomic E-state index is 0.0818. The summed E-state index contributed by atoms with van der Waals surface area (Å²) >= 11 is 0. The summed E-state index contributed by atoms with van der Waals surface area (Å²) in [5.74, 6) is -1.47. The Bertz CT molecular complexity index is 1890. The molecule has 4 aromatic rings. The smallest absolute Gasteiger partial charge is 0.409 e. The number of para-hydroxylation sites is 1. The van der Waals surface area contributed by atoms with Gasteiger partial charge in [-0.1, -0.05) is 18.2 Å². The summed E-state index contributed by atoms with van der Waals surface area (Å²) in [7, 11) is 3.08. The molecule has 1 fully saturated rings. The van der Waals surface area contributed by atoms with Gasteiger partial charge in [0.25, 0.3) is 0 Å². The van der Waals surface area contributed by atoms with Crippen LogP contribution in [0.4, 0.5) is 9.59 Å². The summed E-state index contributed by atoms with van der Waals surface area (Å²) < 4.78 is 19.3. The Morgan fingerprint density at radius 2 is 1.80 bits per heavy atom. The second-order valence-corrected chi connectivity index (χ2v) is 11.7. The SMILES string of the molecule is C[C@@H](CC#N)n1cc(-c2ncnc3c2ccn3C(=O)N(C)CCN(C)C(=O)OCc2ccccc2O[C@@H]2O[C@H](C(=O)O)[C@@H](O)[C@H](O)[C@H]2O)cn1. The van der Waals surface area contributed by atoms with Crippen molar-refractivity contribution in [3.05, 3.63) is 60.8 Å².